The monoisotopic (exact) mass is 260 g/mol. The van der Waals surface area contributed by atoms with Gasteiger partial charge in [-0.3, -0.25) is 9.78 Å². The fourth-order valence-electron chi connectivity index (χ4n) is 1.17. The molecular formula is C11H14ClFN2O2. The minimum absolute atomic E-state index is 0.215. The van der Waals surface area contributed by atoms with E-state index in [-0.39, 0.29) is 11.5 Å². The molecule has 1 rings (SSSR count). The van der Waals surface area contributed by atoms with E-state index in [0.717, 1.165) is 12.3 Å². The number of carbonyl (C=O) groups is 1. The number of hydrogen-bond donors (Lipinski definition) is 1. The van der Waals surface area contributed by atoms with Crippen molar-refractivity contribution in [2.24, 2.45) is 0 Å². The smallest absolute Gasteiger partial charge is 0.252 e. The molecule has 0 aliphatic carbocycles. The van der Waals surface area contributed by atoms with E-state index in [4.69, 9.17) is 16.3 Å². The summed E-state index contributed by atoms with van der Waals surface area (Å²) < 4.78 is 17.9. The molecule has 6 heteroatoms. The normalized spacial score (nSPS) is 10.2. The number of hydrogen-bond acceptors (Lipinski definition) is 3. The zero-order chi connectivity index (χ0) is 12.5. The Hall–Kier alpha value is -1.20. The van der Waals surface area contributed by atoms with E-state index >= 15 is 0 Å². The van der Waals surface area contributed by atoms with Crippen molar-refractivity contribution in [2.75, 3.05) is 25.6 Å². The van der Waals surface area contributed by atoms with Gasteiger partial charge in [-0.05, 0) is 12.5 Å². The molecular weight excluding hydrogens is 247 g/mol. The van der Waals surface area contributed by atoms with Crippen LogP contribution < -0.4 is 5.32 Å². The number of aromatic nitrogens is 1. The van der Waals surface area contributed by atoms with Crippen LogP contribution in [0.5, 0.6) is 0 Å². The van der Waals surface area contributed by atoms with Crippen LogP contribution in [0.15, 0.2) is 18.5 Å². The Bertz CT molecular complexity index is 363. The molecule has 0 radical (unpaired) electrons. The molecule has 17 heavy (non-hydrogen) atoms. The summed E-state index contributed by atoms with van der Waals surface area (Å²) in [6, 6.07) is 1.15. The Morgan fingerprint density at radius 1 is 1.47 bits per heavy atom. The van der Waals surface area contributed by atoms with Crippen LogP contribution in [0.1, 0.15) is 16.8 Å². The second-order valence-corrected chi connectivity index (χ2v) is 3.68. The number of amides is 1. The average molecular weight is 261 g/mol. The molecule has 1 N–H and O–H groups in total. The molecule has 0 unspecified atom stereocenters. The van der Waals surface area contributed by atoms with Crippen molar-refractivity contribution in [2.45, 2.75) is 6.42 Å². The summed E-state index contributed by atoms with van der Waals surface area (Å²) in [7, 11) is 0. The van der Waals surface area contributed by atoms with Crippen molar-refractivity contribution in [3.05, 3.63) is 29.8 Å². The summed E-state index contributed by atoms with van der Waals surface area (Å²) in [5.41, 5.74) is 0.215. The first-order valence-corrected chi connectivity index (χ1v) is 5.80. The molecule has 0 fully saturated rings. The number of ether oxygens (including phenoxy) is 1. The third-order valence-corrected chi connectivity index (χ3v) is 2.09. The predicted octanol–water partition coefficient (Wildman–Crippen LogP) is 1.60. The molecule has 0 atom stereocenters. The van der Waals surface area contributed by atoms with Crippen LogP contribution in [-0.4, -0.2) is 36.5 Å². The Morgan fingerprint density at radius 3 is 3.00 bits per heavy atom. The van der Waals surface area contributed by atoms with Crippen LogP contribution >= 0.6 is 11.6 Å². The maximum Gasteiger partial charge on any atom is 0.252 e. The molecule has 0 aromatic carbocycles. The molecule has 0 saturated carbocycles. The molecule has 0 saturated heterocycles. The van der Waals surface area contributed by atoms with E-state index in [0.29, 0.717) is 32.1 Å². The van der Waals surface area contributed by atoms with E-state index in [1.165, 1.54) is 6.20 Å². The molecule has 0 spiro atoms. The second kappa shape index (κ2) is 7.97. The van der Waals surface area contributed by atoms with Gasteiger partial charge in [-0.1, -0.05) is 0 Å². The zero-order valence-electron chi connectivity index (χ0n) is 9.29. The lowest BCUT2D eigenvalue weighted by molar-refractivity contribution is 0.0943. The lowest BCUT2D eigenvalue weighted by Crippen LogP contribution is -2.25. The number of carbonyl (C=O) groups excluding carboxylic acids is 1. The van der Waals surface area contributed by atoms with E-state index in [1.807, 2.05) is 0 Å². The molecule has 1 heterocycles. The van der Waals surface area contributed by atoms with Crippen LogP contribution in [0, 0.1) is 5.82 Å². The molecule has 1 aromatic rings. The number of alkyl halides is 1. The minimum atomic E-state index is -0.525. The number of halogens is 2. The van der Waals surface area contributed by atoms with Gasteiger partial charge in [0.1, 0.15) is 5.82 Å². The van der Waals surface area contributed by atoms with Gasteiger partial charge in [-0.2, -0.15) is 0 Å². The lowest BCUT2D eigenvalue weighted by atomic mass is 10.2. The Morgan fingerprint density at radius 2 is 2.29 bits per heavy atom. The van der Waals surface area contributed by atoms with Crippen molar-refractivity contribution < 1.29 is 13.9 Å². The summed E-state index contributed by atoms with van der Waals surface area (Å²) in [6.07, 6.45) is 3.06. The predicted molar refractivity (Wildman–Crippen MR) is 62.7 cm³/mol. The third kappa shape index (κ3) is 5.60. The summed E-state index contributed by atoms with van der Waals surface area (Å²) in [4.78, 5) is 15.1. The lowest BCUT2D eigenvalue weighted by Gasteiger charge is -2.05. The van der Waals surface area contributed by atoms with Gasteiger partial charge in [0.15, 0.2) is 0 Å². The van der Waals surface area contributed by atoms with Crippen LogP contribution in [0.3, 0.4) is 0 Å². The number of nitrogens with zero attached hydrogens (tertiary/aromatic N) is 1. The largest absolute Gasteiger partial charge is 0.380 e. The number of rotatable bonds is 7. The Labute approximate surface area is 104 Å². The van der Waals surface area contributed by atoms with Crippen molar-refractivity contribution >= 4 is 17.5 Å². The van der Waals surface area contributed by atoms with Gasteiger partial charge in [-0.15, -0.1) is 11.6 Å². The van der Waals surface area contributed by atoms with E-state index in [2.05, 4.69) is 10.3 Å². The van der Waals surface area contributed by atoms with Gasteiger partial charge in [0.2, 0.25) is 0 Å². The summed E-state index contributed by atoms with van der Waals surface area (Å²) >= 11 is 5.42. The first kappa shape index (κ1) is 13.9. The molecule has 0 aliphatic heterocycles. The van der Waals surface area contributed by atoms with Crippen molar-refractivity contribution in [1.82, 2.24) is 10.3 Å². The van der Waals surface area contributed by atoms with Gasteiger partial charge in [0, 0.05) is 25.2 Å². The summed E-state index contributed by atoms with van der Waals surface area (Å²) in [6.45, 7) is 1.51. The quantitative estimate of drug-likeness (QED) is 0.598. The molecule has 0 aliphatic rings. The van der Waals surface area contributed by atoms with Gasteiger partial charge >= 0.3 is 0 Å². The minimum Gasteiger partial charge on any atom is -0.380 e. The standard InChI is InChI=1S/C11H14ClFN2O2/c12-2-5-17-4-1-3-15-11(16)9-6-10(13)8-14-7-9/h6-8H,1-5H2,(H,15,16). The highest BCUT2D eigenvalue weighted by molar-refractivity contribution is 6.17. The summed E-state index contributed by atoms with van der Waals surface area (Å²) in [5.74, 6) is -0.404. The van der Waals surface area contributed by atoms with Crippen molar-refractivity contribution in [3.8, 4) is 0 Å². The van der Waals surface area contributed by atoms with E-state index in [9.17, 15) is 9.18 Å². The van der Waals surface area contributed by atoms with Crippen LogP contribution in [-0.2, 0) is 4.74 Å². The number of nitrogens with one attached hydrogen (secondary N) is 1. The number of pyridine rings is 1. The van der Waals surface area contributed by atoms with Gasteiger partial charge < -0.3 is 10.1 Å². The highest BCUT2D eigenvalue weighted by Crippen LogP contribution is 2.00. The Balaban J connectivity index is 2.21. The van der Waals surface area contributed by atoms with Gasteiger partial charge in [0.25, 0.3) is 5.91 Å². The SMILES string of the molecule is O=C(NCCCOCCCl)c1cncc(F)c1. The van der Waals surface area contributed by atoms with E-state index < -0.39 is 5.82 Å². The van der Waals surface area contributed by atoms with Crippen LogP contribution in [0.2, 0.25) is 0 Å². The average Bonchev–Trinajstić information content (AvgIpc) is 2.33. The molecule has 4 nitrogen and oxygen atoms in total. The third-order valence-electron chi connectivity index (χ3n) is 1.94. The van der Waals surface area contributed by atoms with Crippen LogP contribution in [0.25, 0.3) is 0 Å². The topological polar surface area (TPSA) is 51.2 Å². The maximum atomic E-state index is 12.8. The molecule has 1 amide bonds. The molecule has 0 bridgehead atoms. The zero-order valence-corrected chi connectivity index (χ0v) is 10.0. The van der Waals surface area contributed by atoms with Crippen molar-refractivity contribution in [1.29, 1.82) is 0 Å². The highest BCUT2D eigenvalue weighted by Gasteiger charge is 2.05. The maximum absolute atomic E-state index is 12.8. The Kier molecular flexibility index (Phi) is 6.50. The molecule has 94 valence electrons. The van der Waals surface area contributed by atoms with Gasteiger partial charge in [0.05, 0.1) is 18.4 Å². The first-order chi connectivity index (χ1) is 8.24. The highest BCUT2D eigenvalue weighted by atomic mass is 35.5. The second-order valence-electron chi connectivity index (χ2n) is 3.30. The molecule has 1 aromatic heterocycles. The summed E-state index contributed by atoms with van der Waals surface area (Å²) in [5, 5.41) is 2.64. The first-order valence-electron chi connectivity index (χ1n) is 5.26. The van der Waals surface area contributed by atoms with Crippen LogP contribution in [0.4, 0.5) is 4.39 Å². The van der Waals surface area contributed by atoms with Gasteiger partial charge in [-0.25, -0.2) is 4.39 Å². The fraction of sp³-hybridized carbons (Fsp3) is 0.455. The fourth-order valence-corrected chi connectivity index (χ4v) is 1.28. The van der Waals surface area contributed by atoms with E-state index in [1.54, 1.807) is 0 Å². The van der Waals surface area contributed by atoms with Crippen molar-refractivity contribution in [3.63, 3.8) is 0 Å².